The standard InChI is InChI=1S/C13H16N4OS/c1-17-8-11(7-16-17)19-9-13(15,12(14)18)10-5-3-2-4-6-10/h2-8H,9,15H2,1H3,(H2,14,18). The number of nitrogens with two attached hydrogens (primary N) is 2. The molecule has 0 fully saturated rings. The summed E-state index contributed by atoms with van der Waals surface area (Å²) in [5, 5.41) is 4.07. The summed E-state index contributed by atoms with van der Waals surface area (Å²) in [6, 6.07) is 9.19. The lowest BCUT2D eigenvalue weighted by Crippen LogP contribution is -2.51. The van der Waals surface area contributed by atoms with E-state index in [0.29, 0.717) is 5.75 Å². The fourth-order valence-corrected chi connectivity index (χ4v) is 2.75. The zero-order valence-corrected chi connectivity index (χ0v) is 11.4. The van der Waals surface area contributed by atoms with Gasteiger partial charge in [-0.2, -0.15) is 5.10 Å². The van der Waals surface area contributed by atoms with E-state index in [1.54, 1.807) is 10.9 Å². The van der Waals surface area contributed by atoms with Crippen LogP contribution in [-0.2, 0) is 17.4 Å². The summed E-state index contributed by atoms with van der Waals surface area (Å²) < 4.78 is 1.70. The Labute approximate surface area is 116 Å². The molecule has 1 unspecified atom stereocenters. The van der Waals surface area contributed by atoms with Crippen molar-refractivity contribution in [3.8, 4) is 0 Å². The number of thioether (sulfide) groups is 1. The minimum absolute atomic E-state index is 0.373. The smallest absolute Gasteiger partial charge is 0.243 e. The van der Waals surface area contributed by atoms with Crippen LogP contribution in [0.1, 0.15) is 5.56 Å². The molecule has 0 spiro atoms. The van der Waals surface area contributed by atoms with Crippen molar-refractivity contribution in [3.63, 3.8) is 0 Å². The van der Waals surface area contributed by atoms with Crippen LogP contribution in [0.2, 0.25) is 0 Å². The number of rotatable bonds is 5. The molecule has 2 aromatic rings. The summed E-state index contributed by atoms with van der Waals surface area (Å²) in [5.41, 5.74) is 11.2. The predicted molar refractivity (Wildman–Crippen MR) is 75.4 cm³/mol. The summed E-state index contributed by atoms with van der Waals surface area (Å²) in [5.74, 6) is -0.159. The Bertz CT molecular complexity index is 569. The maximum atomic E-state index is 11.7. The molecule has 0 radical (unpaired) electrons. The van der Waals surface area contributed by atoms with Crippen LogP contribution in [0.25, 0.3) is 0 Å². The molecule has 0 aliphatic rings. The maximum Gasteiger partial charge on any atom is 0.243 e. The third-order valence-corrected chi connectivity index (χ3v) is 4.02. The van der Waals surface area contributed by atoms with Crippen LogP contribution in [0.5, 0.6) is 0 Å². The zero-order chi connectivity index (χ0) is 13.9. The predicted octanol–water partition coefficient (Wildman–Crippen LogP) is 0.852. The molecule has 100 valence electrons. The number of carbonyl (C=O) groups is 1. The summed E-state index contributed by atoms with van der Waals surface area (Å²) >= 11 is 1.46. The van der Waals surface area contributed by atoms with Gasteiger partial charge in [-0.25, -0.2) is 0 Å². The van der Waals surface area contributed by atoms with E-state index in [1.165, 1.54) is 11.8 Å². The van der Waals surface area contributed by atoms with E-state index in [2.05, 4.69) is 5.10 Å². The number of carbonyl (C=O) groups excluding carboxylic acids is 1. The topological polar surface area (TPSA) is 86.9 Å². The highest BCUT2D eigenvalue weighted by Gasteiger charge is 2.34. The van der Waals surface area contributed by atoms with Crippen LogP contribution in [0.15, 0.2) is 47.6 Å². The highest BCUT2D eigenvalue weighted by molar-refractivity contribution is 7.99. The maximum absolute atomic E-state index is 11.7. The molecule has 2 rings (SSSR count). The Morgan fingerprint density at radius 2 is 2.11 bits per heavy atom. The van der Waals surface area contributed by atoms with Gasteiger partial charge in [-0.05, 0) is 5.56 Å². The lowest BCUT2D eigenvalue weighted by atomic mass is 9.92. The van der Waals surface area contributed by atoms with Crippen molar-refractivity contribution in [2.75, 3.05) is 5.75 Å². The van der Waals surface area contributed by atoms with Gasteiger partial charge in [-0.1, -0.05) is 30.3 Å². The Kier molecular flexibility index (Phi) is 3.92. The van der Waals surface area contributed by atoms with Crippen molar-refractivity contribution in [2.45, 2.75) is 10.4 Å². The number of nitrogens with zero attached hydrogens (tertiary/aromatic N) is 2. The lowest BCUT2D eigenvalue weighted by Gasteiger charge is -2.25. The van der Waals surface area contributed by atoms with Gasteiger partial charge in [0.1, 0.15) is 5.54 Å². The molecule has 0 saturated carbocycles. The third kappa shape index (κ3) is 2.97. The monoisotopic (exact) mass is 276 g/mol. The van der Waals surface area contributed by atoms with Gasteiger partial charge in [0.15, 0.2) is 0 Å². The van der Waals surface area contributed by atoms with Crippen LogP contribution in [0.3, 0.4) is 0 Å². The summed E-state index contributed by atoms with van der Waals surface area (Å²) in [6.45, 7) is 0. The molecule has 0 saturated heterocycles. The van der Waals surface area contributed by atoms with E-state index in [-0.39, 0.29) is 0 Å². The van der Waals surface area contributed by atoms with Gasteiger partial charge >= 0.3 is 0 Å². The summed E-state index contributed by atoms with van der Waals surface area (Å²) in [4.78, 5) is 12.7. The molecular formula is C13H16N4OS. The second kappa shape index (κ2) is 5.46. The highest BCUT2D eigenvalue weighted by Crippen LogP contribution is 2.27. The van der Waals surface area contributed by atoms with Crippen molar-refractivity contribution in [3.05, 3.63) is 48.3 Å². The van der Waals surface area contributed by atoms with Gasteiger partial charge in [0.25, 0.3) is 0 Å². The normalized spacial score (nSPS) is 14.0. The SMILES string of the molecule is Cn1cc(SCC(N)(C(N)=O)c2ccccc2)cn1. The molecule has 0 bridgehead atoms. The van der Waals surface area contributed by atoms with Crippen LogP contribution in [0.4, 0.5) is 0 Å². The molecule has 6 heteroatoms. The molecule has 1 heterocycles. The van der Waals surface area contributed by atoms with Gasteiger partial charge in [0, 0.05) is 23.9 Å². The van der Waals surface area contributed by atoms with E-state index in [9.17, 15) is 4.79 Å². The van der Waals surface area contributed by atoms with Crippen molar-refractivity contribution in [1.29, 1.82) is 0 Å². The lowest BCUT2D eigenvalue weighted by molar-refractivity contribution is -0.122. The molecule has 1 atom stereocenters. The molecular weight excluding hydrogens is 260 g/mol. The first-order valence-corrected chi connectivity index (χ1v) is 6.77. The number of aromatic nitrogens is 2. The van der Waals surface area contributed by atoms with E-state index in [4.69, 9.17) is 11.5 Å². The molecule has 1 amide bonds. The Morgan fingerprint density at radius 1 is 1.42 bits per heavy atom. The molecule has 5 nitrogen and oxygen atoms in total. The van der Waals surface area contributed by atoms with Crippen molar-refractivity contribution in [1.82, 2.24) is 9.78 Å². The first-order chi connectivity index (χ1) is 9.02. The average molecular weight is 276 g/mol. The minimum Gasteiger partial charge on any atom is -0.368 e. The first-order valence-electron chi connectivity index (χ1n) is 5.78. The van der Waals surface area contributed by atoms with E-state index >= 15 is 0 Å². The van der Waals surface area contributed by atoms with Gasteiger partial charge in [0.2, 0.25) is 5.91 Å². The van der Waals surface area contributed by atoms with Crippen LogP contribution in [0, 0.1) is 0 Å². The summed E-state index contributed by atoms with van der Waals surface area (Å²) in [7, 11) is 1.84. The van der Waals surface area contributed by atoms with Crippen LogP contribution >= 0.6 is 11.8 Å². The summed E-state index contributed by atoms with van der Waals surface area (Å²) in [6.07, 6.45) is 3.61. The highest BCUT2D eigenvalue weighted by atomic mass is 32.2. The largest absolute Gasteiger partial charge is 0.368 e. The number of primary amides is 1. The minimum atomic E-state index is -1.18. The molecule has 0 aliphatic carbocycles. The molecule has 0 aliphatic heterocycles. The van der Waals surface area contributed by atoms with Crippen LogP contribution in [-0.4, -0.2) is 21.4 Å². The third-order valence-electron chi connectivity index (χ3n) is 2.88. The van der Waals surface area contributed by atoms with Gasteiger partial charge in [0.05, 0.1) is 6.20 Å². The number of hydrogen-bond acceptors (Lipinski definition) is 4. The fourth-order valence-electron chi connectivity index (χ4n) is 1.70. The Hall–Kier alpha value is -1.79. The molecule has 19 heavy (non-hydrogen) atoms. The average Bonchev–Trinajstić information content (AvgIpc) is 2.82. The number of aryl methyl sites for hydroxylation is 1. The second-order valence-corrected chi connectivity index (χ2v) is 5.39. The van der Waals surface area contributed by atoms with Gasteiger partial charge in [-0.3, -0.25) is 9.48 Å². The number of amides is 1. The van der Waals surface area contributed by atoms with Gasteiger partial charge < -0.3 is 11.5 Å². The molecule has 4 N–H and O–H groups in total. The van der Waals surface area contributed by atoms with E-state index < -0.39 is 11.4 Å². The zero-order valence-electron chi connectivity index (χ0n) is 10.6. The van der Waals surface area contributed by atoms with E-state index in [0.717, 1.165) is 10.5 Å². The molecule has 1 aromatic carbocycles. The quantitative estimate of drug-likeness (QED) is 0.793. The molecule has 1 aromatic heterocycles. The van der Waals surface area contributed by atoms with Crippen LogP contribution < -0.4 is 11.5 Å². The Morgan fingerprint density at radius 3 is 2.63 bits per heavy atom. The van der Waals surface area contributed by atoms with Crippen molar-refractivity contribution < 1.29 is 4.79 Å². The number of hydrogen-bond donors (Lipinski definition) is 2. The second-order valence-electron chi connectivity index (χ2n) is 4.34. The first kappa shape index (κ1) is 13.6. The Balaban J connectivity index is 2.19. The van der Waals surface area contributed by atoms with E-state index in [1.807, 2.05) is 43.6 Å². The van der Waals surface area contributed by atoms with Crippen molar-refractivity contribution >= 4 is 17.7 Å². The fraction of sp³-hybridized carbons (Fsp3) is 0.231. The number of benzene rings is 1. The van der Waals surface area contributed by atoms with Gasteiger partial charge in [-0.15, -0.1) is 11.8 Å². The van der Waals surface area contributed by atoms with Crippen molar-refractivity contribution in [2.24, 2.45) is 18.5 Å².